The predicted octanol–water partition coefficient (Wildman–Crippen LogP) is 4.31. The van der Waals surface area contributed by atoms with Crippen LogP contribution in [0.1, 0.15) is 24.1 Å². The van der Waals surface area contributed by atoms with E-state index in [2.05, 4.69) is 35.6 Å². The molecule has 3 heteroatoms. The predicted molar refractivity (Wildman–Crippen MR) is 77.8 cm³/mol. The van der Waals surface area contributed by atoms with Crippen molar-refractivity contribution in [1.82, 2.24) is 9.38 Å². The lowest BCUT2D eigenvalue weighted by molar-refractivity contribution is 0.734. The Kier molecular flexibility index (Phi) is 2.24. The molecule has 0 fully saturated rings. The van der Waals surface area contributed by atoms with E-state index in [1.54, 1.807) is 0 Å². The number of aromatic nitrogens is 2. The Labute approximate surface area is 116 Å². The zero-order valence-electron chi connectivity index (χ0n) is 10.6. The van der Waals surface area contributed by atoms with E-state index >= 15 is 0 Å². The van der Waals surface area contributed by atoms with Gasteiger partial charge in [-0.25, -0.2) is 4.98 Å². The Hall–Kier alpha value is -1.80. The summed E-state index contributed by atoms with van der Waals surface area (Å²) < 4.78 is 2.11. The third-order valence-electron chi connectivity index (χ3n) is 3.92. The molecule has 2 nitrogen and oxygen atoms in total. The number of benzene rings is 1. The lowest BCUT2D eigenvalue weighted by Crippen LogP contribution is -2.08. The second-order valence-corrected chi connectivity index (χ2v) is 5.56. The van der Waals surface area contributed by atoms with Crippen molar-refractivity contribution >= 4 is 17.2 Å². The summed E-state index contributed by atoms with van der Waals surface area (Å²) in [5.74, 6) is 0.507. The van der Waals surface area contributed by atoms with Crippen LogP contribution in [0.5, 0.6) is 0 Å². The molecule has 0 amide bonds. The van der Waals surface area contributed by atoms with Crippen LogP contribution in [0.15, 0.2) is 42.6 Å². The third kappa shape index (κ3) is 1.47. The number of pyridine rings is 1. The first-order valence-corrected chi connectivity index (χ1v) is 6.88. The summed E-state index contributed by atoms with van der Waals surface area (Å²) >= 11 is 6.26. The lowest BCUT2D eigenvalue weighted by Gasteiger charge is -2.22. The molecule has 0 saturated carbocycles. The molecule has 1 aliphatic carbocycles. The number of imidazole rings is 1. The molecule has 0 radical (unpaired) electrons. The van der Waals surface area contributed by atoms with Gasteiger partial charge in [-0.05, 0) is 30.0 Å². The molecule has 0 aliphatic heterocycles. The van der Waals surface area contributed by atoms with E-state index in [9.17, 15) is 0 Å². The minimum Gasteiger partial charge on any atom is -0.298 e. The molecule has 0 N–H and O–H groups in total. The van der Waals surface area contributed by atoms with Crippen LogP contribution in [-0.4, -0.2) is 9.38 Å². The fourth-order valence-electron chi connectivity index (χ4n) is 3.05. The first kappa shape index (κ1) is 11.1. The van der Waals surface area contributed by atoms with Crippen LogP contribution < -0.4 is 0 Å². The first-order valence-electron chi connectivity index (χ1n) is 6.50. The second kappa shape index (κ2) is 3.84. The number of halogens is 1. The SMILES string of the molecule is CC1Cc2nc3c(Cl)cccn3c2-c2ccccc21. The van der Waals surface area contributed by atoms with Gasteiger partial charge < -0.3 is 0 Å². The Balaban J connectivity index is 2.14. The molecule has 1 atom stereocenters. The van der Waals surface area contributed by atoms with Crippen LogP contribution in [0.4, 0.5) is 0 Å². The van der Waals surface area contributed by atoms with Gasteiger partial charge in [0.05, 0.1) is 16.4 Å². The van der Waals surface area contributed by atoms with E-state index in [4.69, 9.17) is 16.6 Å². The fraction of sp³-hybridized carbons (Fsp3) is 0.188. The highest BCUT2D eigenvalue weighted by Crippen LogP contribution is 2.40. The fourth-order valence-corrected chi connectivity index (χ4v) is 3.26. The minimum absolute atomic E-state index is 0.507. The van der Waals surface area contributed by atoms with Gasteiger partial charge in [0, 0.05) is 11.8 Å². The number of hydrogen-bond donors (Lipinski definition) is 0. The van der Waals surface area contributed by atoms with Gasteiger partial charge in [0.15, 0.2) is 5.65 Å². The van der Waals surface area contributed by atoms with Gasteiger partial charge >= 0.3 is 0 Å². The topological polar surface area (TPSA) is 17.3 Å². The van der Waals surface area contributed by atoms with Crippen LogP contribution in [-0.2, 0) is 6.42 Å². The maximum absolute atomic E-state index is 6.26. The van der Waals surface area contributed by atoms with Crippen molar-refractivity contribution in [2.45, 2.75) is 19.3 Å². The number of hydrogen-bond acceptors (Lipinski definition) is 1. The number of nitrogens with zero attached hydrogens (tertiary/aromatic N) is 2. The molecule has 94 valence electrons. The van der Waals surface area contributed by atoms with Crippen molar-refractivity contribution in [2.24, 2.45) is 0 Å². The van der Waals surface area contributed by atoms with E-state index in [0.29, 0.717) is 10.9 Å². The summed E-state index contributed by atoms with van der Waals surface area (Å²) in [5, 5.41) is 0.710. The molecular formula is C16H13ClN2. The van der Waals surface area contributed by atoms with Crippen molar-refractivity contribution in [3.8, 4) is 11.3 Å². The summed E-state index contributed by atoms with van der Waals surface area (Å²) in [7, 11) is 0. The highest BCUT2D eigenvalue weighted by atomic mass is 35.5. The summed E-state index contributed by atoms with van der Waals surface area (Å²) in [6.45, 7) is 2.26. The van der Waals surface area contributed by atoms with Crippen molar-refractivity contribution in [3.05, 3.63) is 58.9 Å². The molecule has 1 unspecified atom stereocenters. The monoisotopic (exact) mass is 268 g/mol. The quantitative estimate of drug-likeness (QED) is 0.594. The summed E-state index contributed by atoms with van der Waals surface area (Å²) in [6.07, 6.45) is 3.02. The average Bonchev–Trinajstić information content (AvgIpc) is 2.79. The number of rotatable bonds is 0. The molecule has 2 aromatic heterocycles. The largest absolute Gasteiger partial charge is 0.298 e. The van der Waals surface area contributed by atoms with E-state index < -0.39 is 0 Å². The van der Waals surface area contributed by atoms with Gasteiger partial charge in [-0.2, -0.15) is 0 Å². The van der Waals surface area contributed by atoms with Crippen molar-refractivity contribution in [2.75, 3.05) is 0 Å². The molecular weight excluding hydrogens is 256 g/mol. The average molecular weight is 269 g/mol. The molecule has 2 heterocycles. The van der Waals surface area contributed by atoms with E-state index in [-0.39, 0.29) is 0 Å². The summed E-state index contributed by atoms with van der Waals surface area (Å²) in [4.78, 5) is 4.73. The Bertz CT molecular complexity index is 789. The minimum atomic E-state index is 0.507. The van der Waals surface area contributed by atoms with E-state index in [1.807, 2.05) is 18.3 Å². The van der Waals surface area contributed by atoms with Crippen LogP contribution in [0.3, 0.4) is 0 Å². The van der Waals surface area contributed by atoms with Crippen molar-refractivity contribution in [1.29, 1.82) is 0 Å². The third-order valence-corrected chi connectivity index (χ3v) is 4.22. The van der Waals surface area contributed by atoms with Crippen LogP contribution >= 0.6 is 11.6 Å². The van der Waals surface area contributed by atoms with Crippen LogP contribution in [0, 0.1) is 0 Å². The number of fused-ring (bicyclic) bond motifs is 5. The molecule has 3 aromatic rings. The normalized spacial score (nSPS) is 17.3. The highest BCUT2D eigenvalue weighted by molar-refractivity contribution is 6.33. The van der Waals surface area contributed by atoms with Gasteiger partial charge in [-0.3, -0.25) is 4.40 Å². The molecule has 4 rings (SSSR count). The Morgan fingerprint density at radius 2 is 2.05 bits per heavy atom. The Morgan fingerprint density at radius 3 is 2.95 bits per heavy atom. The molecule has 0 bridgehead atoms. The molecule has 0 saturated heterocycles. The smallest absolute Gasteiger partial charge is 0.156 e. The van der Waals surface area contributed by atoms with Gasteiger partial charge in [-0.15, -0.1) is 0 Å². The molecule has 1 aliphatic rings. The molecule has 0 spiro atoms. The van der Waals surface area contributed by atoms with E-state index in [0.717, 1.165) is 17.8 Å². The van der Waals surface area contributed by atoms with Gasteiger partial charge in [0.1, 0.15) is 0 Å². The van der Waals surface area contributed by atoms with E-state index in [1.165, 1.54) is 16.8 Å². The maximum Gasteiger partial charge on any atom is 0.156 e. The zero-order valence-corrected chi connectivity index (χ0v) is 11.4. The van der Waals surface area contributed by atoms with Crippen molar-refractivity contribution in [3.63, 3.8) is 0 Å². The second-order valence-electron chi connectivity index (χ2n) is 5.15. The Morgan fingerprint density at radius 1 is 1.21 bits per heavy atom. The standard InChI is InChI=1S/C16H13ClN2/c1-10-9-14-15(12-6-3-2-5-11(10)12)19-8-4-7-13(17)16(19)18-14/h2-8,10H,9H2,1H3. The van der Waals surface area contributed by atoms with Gasteiger partial charge in [0.25, 0.3) is 0 Å². The van der Waals surface area contributed by atoms with Gasteiger partial charge in [-0.1, -0.05) is 42.8 Å². The van der Waals surface area contributed by atoms with Crippen LogP contribution in [0.2, 0.25) is 5.02 Å². The van der Waals surface area contributed by atoms with Gasteiger partial charge in [0.2, 0.25) is 0 Å². The first-order chi connectivity index (χ1) is 9.25. The van der Waals surface area contributed by atoms with Crippen molar-refractivity contribution < 1.29 is 0 Å². The maximum atomic E-state index is 6.26. The van der Waals surface area contributed by atoms with Crippen LogP contribution in [0.25, 0.3) is 16.9 Å². The highest BCUT2D eigenvalue weighted by Gasteiger charge is 2.26. The molecule has 19 heavy (non-hydrogen) atoms. The summed E-state index contributed by atoms with van der Waals surface area (Å²) in [5.41, 5.74) is 5.89. The zero-order chi connectivity index (χ0) is 13.0. The lowest BCUT2D eigenvalue weighted by atomic mass is 9.84. The molecule has 1 aromatic carbocycles. The summed E-state index contributed by atoms with van der Waals surface area (Å²) in [6, 6.07) is 12.5.